The fourth-order valence-electron chi connectivity index (χ4n) is 3.63. The van der Waals surface area contributed by atoms with Crippen LogP contribution < -0.4 is 9.47 Å². The highest BCUT2D eigenvalue weighted by Gasteiger charge is 2.46. The van der Waals surface area contributed by atoms with E-state index in [-0.39, 0.29) is 36.0 Å². The van der Waals surface area contributed by atoms with Crippen LogP contribution in [0.3, 0.4) is 0 Å². The van der Waals surface area contributed by atoms with Gasteiger partial charge < -0.3 is 29.3 Å². The maximum Gasteiger partial charge on any atom is 0.295 e. The second-order valence-corrected chi connectivity index (χ2v) is 7.29. The number of benzene rings is 2. The lowest BCUT2D eigenvalue weighted by atomic mass is 9.95. The number of rotatable bonds is 9. The van der Waals surface area contributed by atoms with Gasteiger partial charge >= 0.3 is 0 Å². The summed E-state index contributed by atoms with van der Waals surface area (Å²) >= 11 is 0. The minimum Gasteiger partial charge on any atom is -0.507 e. The van der Waals surface area contributed by atoms with E-state index in [0.29, 0.717) is 23.5 Å². The summed E-state index contributed by atoms with van der Waals surface area (Å²) < 4.78 is 15.8. The molecule has 0 aromatic heterocycles. The molecule has 0 radical (unpaired) electrons. The van der Waals surface area contributed by atoms with E-state index in [0.717, 1.165) is 6.42 Å². The Labute approximate surface area is 186 Å². The van der Waals surface area contributed by atoms with Crippen molar-refractivity contribution < 1.29 is 34.0 Å². The number of carbonyl (C=O) groups excluding carboxylic acids is 2. The third-order valence-corrected chi connectivity index (χ3v) is 5.18. The van der Waals surface area contributed by atoms with Crippen LogP contribution >= 0.6 is 0 Å². The molecule has 0 spiro atoms. The number of hydrogen-bond donors (Lipinski definition) is 2. The summed E-state index contributed by atoms with van der Waals surface area (Å²) in [5.74, 6) is -1.21. The Balaban J connectivity index is 2.13. The first-order valence-corrected chi connectivity index (χ1v) is 10.3. The van der Waals surface area contributed by atoms with Crippen molar-refractivity contribution in [3.63, 3.8) is 0 Å². The van der Waals surface area contributed by atoms with Crippen LogP contribution in [0.15, 0.2) is 48.0 Å². The van der Waals surface area contributed by atoms with Gasteiger partial charge in [0.2, 0.25) is 0 Å². The fourth-order valence-corrected chi connectivity index (χ4v) is 3.63. The number of aromatic hydroxyl groups is 1. The highest BCUT2D eigenvalue weighted by molar-refractivity contribution is 6.46. The summed E-state index contributed by atoms with van der Waals surface area (Å²) in [5, 5.41) is 21.4. The van der Waals surface area contributed by atoms with Crippen molar-refractivity contribution in [3.05, 3.63) is 59.2 Å². The van der Waals surface area contributed by atoms with Crippen LogP contribution in [0.25, 0.3) is 5.76 Å². The number of likely N-dealkylation sites (tertiary alicyclic amines) is 1. The lowest BCUT2D eigenvalue weighted by molar-refractivity contribution is -0.140. The molecule has 1 atom stereocenters. The van der Waals surface area contributed by atoms with E-state index in [4.69, 9.17) is 14.2 Å². The number of aliphatic hydroxyl groups is 1. The molecule has 2 aromatic carbocycles. The third-order valence-electron chi connectivity index (χ3n) is 5.18. The third kappa shape index (κ3) is 4.55. The Morgan fingerprint density at radius 1 is 1.09 bits per heavy atom. The molecule has 1 saturated heterocycles. The van der Waals surface area contributed by atoms with Crippen molar-refractivity contribution in [2.75, 3.05) is 34.0 Å². The number of phenolic OH excluding ortho intramolecular Hbond substituents is 1. The molecular weight excluding hydrogens is 414 g/mol. The summed E-state index contributed by atoms with van der Waals surface area (Å²) in [6, 6.07) is 10.4. The van der Waals surface area contributed by atoms with Crippen LogP contribution in [0.1, 0.15) is 30.5 Å². The molecule has 1 unspecified atom stereocenters. The van der Waals surface area contributed by atoms with E-state index in [1.807, 2.05) is 6.92 Å². The number of methoxy groups -OCH3 is 2. The number of Topliss-reactive ketones (excluding diaryl/α,β-unsaturated/α-hetero) is 1. The van der Waals surface area contributed by atoms with Crippen molar-refractivity contribution in [3.8, 4) is 17.2 Å². The minimum absolute atomic E-state index is 0.0664. The molecule has 0 aliphatic carbocycles. The van der Waals surface area contributed by atoms with Gasteiger partial charge in [0.1, 0.15) is 11.5 Å². The molecule has 8 nitrogen and oxygen atoms in total. The number of aliphatic hydroxyl groups excluding tert-OH is 1. The molecule has 1 aliphatic rings. The molecule has 0 saturated carbocycles. The first-order valence-electron chi connectivity index (χ1n) is 10.3. The Bertz CT molecular complexity index is 1030. The summed E-state index contributed by atoms with van der Waals surface area (Å²) in [6.07, 6.45) is 0.821. The van der Waals surface area contributed by atoms with Crippen molar-refractivity contribution in [2.24, 2.45) is 0 Å². The second-order valence-electron chi connectivity index (χ2n) is 7.29. The van der Waals surface area contributed by atoms with E-state index in [2.05, 4.69) is 0 Å². The van der Waals surface area contributed by atoms with E-state index in [1.165, 1.54) is 25.2 Å². The van der Waals surface area contributed by atoms with Crippen LogP contribution in [0.5, 0.6) is 17.2 Å². The maximum absolute atomic E-state index is 13.0. The van der Waals surface area contributed by atoms with Gasteiger partial charge in [0.25, 0.3) is 11.7 Å². The molecule has 1 heterocycles. The number of hydrogen-bond acceptors (Lipinski definition) is 7. The van der Waals surface area contributed by atoms with Gasteiger partial charge in [-0.05, 0) is 36.2 Å². The predicted molar refractivity (Wildman–Crippen MR) is 118 cm³/mol. The second kappa shape index (κ2) is 10.2. The summed E-state index contributed by atoms with van der Waals surface area (Å²) in [6.45, 7) is 2.83. The zero-order chi connectivity index (χ0) is 23.3. The molecule has 1 amide bonds. The van der Waals surface area contributed by atoms with Gasteiger partial charge in [0.05, 0.1) is 31.9 Å². The molecule has 2 aromatic rings. The smallest absolute Gasteiger partial charge is 0.295 e. The average molecular weight is 441 g/mol. The molecule has 32 heavy (non-hydrogen) atoms. The van der Waals surface area contributed by atoms with Gasteiger partial charge in [-0.25, -0.2) is 0 Å². The monoisotopic (exact) mass is 441 g/mol. The Morgan fingerprint density at radius 2 is 1.88 bits per heavy atom. The highest BCUT2D eigenvalue weighted by atomic mass is 16.5. The Hall–Kier alpha value is -3.52. The average Bonchev–Trinajstić information content (AvgIpc) is 3.05. The summed E-state index contributed by atoms with van der Waals surface area (Å²) in [4.78, 5) is 27.1. The number of amides is 1. The number of phenols is 1. The van der Waals surface area contributed by atoms with E-state index < -0.39 is 17.7 Å². The zero-order valence-electron chi connectivity index (χ0n) is 18.3. The Morgan fingerprint density at radius 3 is 2.53 bits per heavy atom. The van der Waals surface area contributed by atoms with E-state index in [1.54, 1.807) is 36.4 Å². The fraction of sp³-hybridized carbons (Fsp3) is 0.333. The van der Waals surface area contributed by atoms with Crippen molar-refractivity contribution in [1.82, 2.24) is 4.90 Å². The first-order chi connectivity index (χ1) is 15.4. The normalized spacial score (nSPS) is 17.6. The van der Waals surface area contributed by atoms with Crippen molar-refractivity contribution >= 4 is 17.4 Å². The molecule has 1 fully saturated rings. The van der Waals surface area contributed by atoms with Crippen LogP contribution in [0, 0.1) is 0 Å². The predicted octanol–water partition coefficient (Wildman–Crippen LogP) is 3.26. The zero-order valence-corrected chi connectivity index (χ0v) is 18.3. The van der Waals surface area contributed by atoms with Crippen LogP contribution in [0.4, 0.5) is 0 Å². The van der Waals surface area contributed by atoms with Crippen molar-refractivity contribution in [1.29, 1.82) is 0 Å². The van der Waals surface area contributed by atoms with Crippen LogP contribution in [-0.2, 0) is 14.3 Å². The van der Waals surface area contributed by atoms with E-state index >= 15 is 0 Å². The SMILES string of the molecule is CCCOc1cccc(/C(O)=C2/C(=O)C(=O)N(CCOC)C2c2ccc(OC)c(O)c2)c1. The van der Waals surface area contributed by atoms with Crippen LogP contribution in [-0.4, -0.2) is 60.8 Å². The van der Waals surface area contributed by atoms with Gasteiger partial charge in [0.15, 0.2) is 11.5 Å². The maximum atomic E-state index is 13.0. The van der Waals surface area contributed by atoms with E-state index in [9.17, 15) is 19.8 Å². The topological polar surface area (TPSA) is 106 Å². The van der Waals surface area contributed by atoms with Crippen molar-refractivity contribution in [2.45, 2.75) is 19.4 Å². The van der Waals surface area contributed by atoms with Crippen LogP contribution in [0.2, 0.25) is 0 Å². The lowest BCUT2D eigenvalue weighted by Crippen LogP contribution is -2.32. The molecule has 170 valence electrons. The molecule has 1 aliphatic heterocycles. The largest absolute Gasteiger partial charge is 0.507 e. The summed E-state index contributed by atoms with van der Waals surface area (Å²) in [7, 11) is 2.92. The number of nitrogens with zero attached hydrogens (tertiary/aromatic N) is 1. The molecular formula is C24H27NO7. The van der Waals surface area contributed by atoms with Gasteiger partial charge in [-0.1, -0.05) is 25.1 Å². The Kier molecular flexibility index (Phi) is 7.37. The number of ether oxygens (including phenoxy) is 3. The molecule has 0 bridgehead atoms. The van der Waals surface area contributed by atoms with Gasteiger partial charge in [-0.3, -0.25) is 9.59 Å². The van der Waals surface area contributed by atoms with Gasteiger partial charge in [-0.2, -0.15) is 0 Å². The molecule has 2 N–H and O–H groups in total. The van der Waals surface area contributed by atoms with Gasteiger partial charge in [-0.15, -0.1) is 0 Å². The molecule has 8 heteroatoms. The summed E-state index contributed by atoms with van der Waals surface area (Å²) in [5.41, 5.74) is 0.743. The quantitative estimate of drug-likeness (QED) is 0.350. The highest BCUT2D eigenvalue weighted by Crippen LogP contribution is 2.41. The lowest BCUT2D eigenvalue weighted by Gasteiger charge is -2.25. The first kappa shape index (κ1) is 23.1. The number of ketones is 1. The minimum atomic E-state index is -0.901. The molecule has 3 rings (SSSR count). The standard InChI is InChI=1S/C24H27NO7/c1-4-11-32-17-7-5-6-16(13-17)22(27)20-21(15-8-9-19(31-3)18(26)14-15)25(10-12-30-2)24(29)23(20)28/h5-9,13-14,21,26-27H,4,10-12H2,1-3H3/b22-20-. The number of carbonyl (C=O) groups is 2. The van der Waals surface area contributed by atoms with Gasteiger partial charge in [0, 0.05) is 19.2 Å².